The minimum absolute atomic E-state index is 0.0542. The van der Waals surface area contributed by atoms with E-state index in [-0.39, 0.29) is 18.1 Å². The first-order valence-electron chi connectivity index (χ1n) is 7.69. The Balaban J connectivity index is 1.90. The molecule has 1 aliphatic heterocycles. The van der Waals surface area contributed by atoms with E-state index in [1.54, 1.807) is 0 Å². The Morgan fingerprint density at radius 2 is 2.05 bits per heavy atom. The molecular formula is C16H23N3O2. The number of carbonyl (C=O) groups is 1. The number of fused-ring (bicyclic) bond motifs is 1. The van der Waals surface area contributed by atoms with E-state index >= 15 is 0 Å². The lowest BCUT2D eigenvalue weighted by Crippen LogP contribution is -2.43. The number of nitrogen functional groups attached to an aromatic ring is 1. The summed E-state index contributed by atoms with van der Waals surface area (Å²) in [7, 11) is 1.97. The van der Waals surface area contributed by atoms with Crippen LogP contribution in [-0.2, 0) is 11.2 Å². The molecular weight excluding hydrogens is 266 g/mol. The first kappa shape index (κ1) is 14.2. The smallest absolute Gasteiger partial charge is 0.224 e. The Labute approximate surface area is 125 Å². The number of aliphatic hydroxyl groups excluding tert-OH is 1. The highest BCUT2D eigenvalue weighted by molar-refractivity contribution is 5.95. The van der Waals surface area contributed by atoms with Crippen LogP contribution in [0.4, 0.5) is 17.1 Å². The number of aryl methyl sites for hydroxylation is 1. The van der Waals surface area contributed by atoms with Gasteiger partial charge in [0.25, 0.3) is 0 Å². The number of anilines is 3. The van der Waals surface area contributed by atoms with Gasteiger partial charge in [-0.1, -0.05) is 12.8 Å². The average Bonchev–Trinajstić information content (AvgIpc) is 2.47. The van der Waals surface area contributed by atoms with Gasteiger partial charge in [0, 0.05) is 19.2 Å². The van der Waals surface area contributed by atoms with Gasteiger partial charge in [-0.2, -0.15) is 0 Å². The molecule has 1 fully saturated rings. The second-order valence-electron chi connectivity index (χ2n) is 6.15. The van der Waals surface area contributed by atoms with Gasteiger partial charge in [0.1, 0.15) is 0 Å². The molecule has 0 radical (unpaired) electrons. The van der Waals surface area contributed by atoms with E-state index in [4.69, 9.17) is 5.73 Å². The van der Waals surface area contributed by atoms with Crippen LogP contribution in [0.2, 0.25) is 0 Å². The van der Waals surface area contributed by atoms with Crippen molar-refractivity contribution >= 4 is 23.0 Å². The van der Waals surface area contributed by atoms with Gasteiger partial charge >= 0.3 is 0 Å². The molecule has 2 aliphatic rings. The molecule has 1 aromatic carbocycles. The molecule has 21 heavy (non-hydrogen) atoms. The maximum absolute atomic E-state index is 11.5. The zero-order valence-electron chi connectivity index (χ0n) is 12.4. The fourth-order valence-corrected chi connectivity index (χ4v) is 3.46. The number of nitrogens with two attached hydrogens (primary N) is 1. The summed E-state index contributed by atoms with van der Waals surface area (Å²) in [6.45, 7) is 0. The number of nitrogens with one attached hydrogen (secondary N) is 1. The summed E-state index contributed by atoms with van der Waals surface area (Å²) in [4.78, 5) is 13.6. The van der Waals surface area contributed by atoms with E-state index < -0.39 is 0 Å². The third-order valence-electron chi connectivity index (χ3n) is 4.72. The number of amides is 1. The molecule has 1 saturated carbocycles. The largest absolute Gasteiger partial charge is 0.397 e. The molecule has 0 bridgehead atoms. The quantitative estimate of drug-likeness (QED) is 0.727. The highest BCUT2D eigenvalue weighted by atomic mass is 16.3. The standard InChI is InChI=1S/C16H23N3O2/c1-19(13-4-2-3-5-15(13)20)14-9-12-10(8-11(14)17)6-7-16(21)18-12/h8-9,13,15,20H,2-7,17H2,1H3,(H,18,21). The highest BCUT2D eigenvalue weighted by Gasteiger charge is 2.28. The van der Waals surface area contributed by atoms with Gasteiger partial charge in [0.2, 0.25) is 5.91 Å². The van der Waals surface area contributed by atoms with Gasteiger partial charge in [-0.05, 0) is 37.0 Å². The van der Waals surface area contributed by atoms with Crippen molar-refractivity contribution in [1.82, 2.24) is 0 Å². The summed E-state index contributed by atoms with van der Waals surface area (Å²) < 4.78 is 0. The lowest BCUT2D eigenvalue weighted by molar-refractivity contribution is -0.116. The van der Waals surface area contributed by atoms with Crippen LogP contribution in [0.5, 0.6) is 0 Å². The van der Waals surface area contributed by atoms with Crippen molar-refractivity contribution in [2.24, 2.45) is 0 Å². The Bertz CT molecular complexity index is 559. The maximum Gasteiger partial charge on any atom is 0.224 e. The van der Waals surface area contributed by atoms with Crippen molar-refractivity contribution in [2.45, 2.75) is 50.7 Å². The zero-order chi connectivity index (χ0) is 15.0. The average molecular weight is 289 g/mol. The summed E-state index contributed by atoms with van der Waals surface area (Å²) in [6, 6.07) is 4.00. The Morgan fingerprint density at radius 1 is 1.29 bits per heavy atom. The van der Waals surface area contributed by atoms with Crippen molar-refractivity contribution in [3.8, 4) is 0 Å². The molecule has 1 amide bonds. The second-order valence-corrected chi connectivity index (χ2v) is 6.15. The first-order valence-corrected chi connectivity index (χ1v) is 7.69. The molecule has 4 N–H and O–H groups in total. The predicted octanol–water partition coefficient (Wildman–Crippen LogP) is 1.89. The molecule has 5 heteroatoms. The van der Waals surface area contributed by atoms with Gasteiger partial charge < -0.3 is 21.1 Å². The molecule has 1 aromatic rings. The minimum atomic E-state index is -0.311. The van der Waals surface area contributed by atoms with Crippen molar-refractivity contribution in [3.05, 3.63) is 17.7 Å². The number of benzene rings is 1. The molecule has 0 spiro atoms. The topological polar surface area (TPSA) is 78.6 Å². The van der Waals surface area contributed by atoms with E-state index in [1.807, 2.05) is 19.2 Å². The highest BCUT2D eigenvalue weighted by Crippen LogP contribution is 2.35. The number of likely N-dealkylation sites (N-methyl/N-ethyl adjacent to an activating group) is 1. The monoisotopic (exact) mass is 289 g/mol. The van der Waals surface area contributed by atoms with Crippen LogP contribution in [0, 0.1) is 0 Å². The summed E-state index contributed by atoms with van der Waals surface area (Å²) in [5, 5.41) is 13.1. The van der Waals surface area contributed by atoms with Gasteiger partial charge in [-0.25, -0.2) is 0 Å². The van der Waals surface area contributed by atoms with E-state index in [0.717, 1.165) is 49.0 Å². The van der Waals surface area contributed by atoms with Gasteiger partial charge in [0.05, 0.1) is 23.5 Å². The van der Waals surface area contributed by atoms with E-state index in [2.05, 4.69) is 10.2 Å². The molecule has 114 valence electrons. The summed E-state index contributed by atoms with van der Waals surface area (Å²) in [6.07, 6.45) is 4.98. The molecule has 1 heterocycles. The minimum Gasteiger partial charge on any atom is -0.397 e. The number of hydrogen-bond acceptors (Lipinski definition) is 4. The molecule has 0 saturated heterocycles. The predicted molar refractivity (Wildman–Crippen MR) is 84.5 cm³/mol. The molecule has 5 nitrogen and oxygen atoms in total. The van der Waals surface area contributed by atoms with Crippen molar-refractivity contribution in [3.63, 3.8) is 0 Å². The SMILES string of the molecule is CN(c1cc2c(cc1N)CCC(=O)N2)C1CCCCC1O. The fraction of sp³-hybridized carbons (Fsp3) is 0.562. The summed E-state index contributed by atoms with van der Waals surface area (Å²) in [5.41, 5.74) is 9.75. The van der Waals surface area contributed by atoms with Gasteiger partial charge in [0.15, 0.2) is 0 Å². The fourth-order valence-electron chi connectivity index (χ4n) is 3.46. The molecule has 1 aliphatic carbocycles. The van der Waals surface area contributed by atoms with Crippen LogP contribution in [0.1, 0.15) is 37.7 Å². The molecule has 3 rings (SSSR count). The number of rotatable bonds is 2. The van der Waals surface area contributed by atoms with E-state index in [0.29, 0.717) is 12.1 Å². The van der Waals surface area contributed by atoms with E-state index in [1.165, 1.54) is 0 Å². The number of hydrogen-bond donors (Lipinski definition) is 3. The first-order chi connectivity index (χ1) is 10.1. The molecule has 2 atom stereocenters. The lowest BCUT2D eigenvalue weighted by atomic mass is 9.91. The van der Waals surface area contributed by atoms with Crippen molar-refractivity contribution in [2.75, 3.05) is 23.0 Å². The van der Waals surface area contributed by atoms with Crippen LogP contribution in [-0.4, -0.2) is 30.2 Å². The lowest BCUT2D eigenvalue weighted by Gasteiger charge is -2.37. The summed E-state index contributed by atoms with van der Waals surface area (Å²) >= 11 is 0. The van der Waals surface area contributed by atoms with Crippen LogP contribution >= 0.6 is 0 Å². The summed E-state index contributed by atoms with van der Waals surface area (Å²) in [5.74, 6) is 0.0542. The van der Waals surface area contributed by atoms with Crippen molar-refractivity contribution < 1.29 is 9.90 Å². The van der Waals surface area contributed by atoms with E-state index in [9.17, 15) is 9.90 Å². The molecule has 2 unspecified atom stereocenters. The number of aliphatic hydroxyl groups is 1. The third-order valence-corrected chi connectivity index (χ3v) is 4.72. The third kappa shape index (κ3) is 2.70. The maximum atomic E-state index is 11.5. The van der Waals surface area contributed by atoms with Crippen LogP contribution in [0.15, 0.2) is 12.1 Å². The number of carbonyl (C=O) groups excluding carboxylic acids is 1. The van der Waals surface area contributed by atoms with Gasteiger partial charge in [-0.15, -0.1) is 0 Å². The Hall–Kier alpha value is -1.75. The Morgan fingerprint density at radius 3 is 2.81 bits per heavy atom. The van der Waals surface area contributed by atoms with Gasteiger partial charge in [-0.3, -0.25) is 4.79 Å². The van der Waals surface area contributed by atoms with Crippen LogP contribution in [0.3, 0.4) is 0 Å². The zero-order valence-corrected chi connectivity index (χ0v) is 12.4. The van der Waals surface area contributed by atoms with Crippen LogP contribution in [0.25, 0.3) is 0 Å². The number of nitrogens with zero attached hydrogens (tertiary/aromatic N) is 1. The second kappa shape index (κ2) is 5.56. The normalized spacial score (nSPS) is 25.1. The Kier molecular flexibility index (Phi) is 3.76. The van der Waals surface area contributed by atoms with Crippen molar-refractivity contribution in [1.29, 1.82) is 0 Å². The molecule has 0 aromatic heterocycles. The van der Waals surface area contributed by atoms with Crippen LogP contribution < -0.4 is 16.0 Å².